The first kappa shape index (κ1) is 23.4. The van der Waals surface area contributed by atoms with E-state index in [1.54, 1.807) is 13.8 Å². The van der Waals surface area contributed by atoms with Gasteiger partial charge in [0, 0.05) is 36.4 Å². The highest BCUT2D eigenvalue weighted by Gasteiger charge is 2.09. The molecule has 0 fully saturated rings. The molecule has 3 aromatic heterocycles. The molecule has 0 atom stereocenters. The Morgan fingerprint density at radius 1 is 0.632 bits per heavy atom. The van der Waals surface area contributed by atoms with Crippen molar-refractivity contribution in [1.82, 2.24) is 25.3 Å². The van der Waals surface area contributed by atoms with Crippen LogP contribution in [0.2, 0.25) is 0 Å². The number of hydrogen-bond acceptors (Lipinski definition) is 9. The molecule has 0 N–H and O–H groups in total. The van der Waals surface area contributed by atoms with Gasteiger partial charge in [0.2, 0.25) is 29.3 Å². The largest absolute Gasteiger partial charge is 0.489 e. The molecule has 3 aromatic carbocycles. The minimum atomic E-state index is 0.368. The van der Waals surface area contributed by atoms with Crippen LogP contribution in [0.4, 0.5) is 0 Å². The van der Waals surface area contributed by atoms with E-state index in [-0.39, 0.29) is 0 Å². The molecule has 3 heterocycles. The Hall–Kier alpha value is -5.05. The number of benzene rings is 3. The third-order valence-electron chi connectivity index (χ3n) is 5.85. The molecule has 0 aliphatic heterocycles. The van der Waals surface area contributed by atoms with Gasteiger partial charge in [0.05, 0.1) is 5.52 Å². The van der Waals surface area contributed by atoms with Gasteiger partial charge in [-0.25, -0.2) is 4.98 Å². The standard InChI is InChI=1S/C29H23N5O4/c1-18-30-28(33-37-18)23-7-3-5-20(13-23)16-35-25-10-11-26-22(15-25)9-12-27(32-26)36-17-21-6-4-8-24(14-21)29-31-19(2)38-34-29/h3-15H,16-17H2,1-2H3. The van der Waals surface area contributed by atoms with Crippen molar-refractivity contribution in [3.05, 3.63) is 102 Å². The number of aryl methyl sites for hydroxylation is 2. The van der Waals surface area contributed by atoms with E-state index in [2.05, 4.69) is 25.3 Å². The van der Waals surface area contributed by atoms with Crippen LogP contribution in [0.25, 0.3) is 33.7 Å². The number of pyridine rings is 1. The van der Waals surface area contributed by atoms with Crippen molar-refractivity contribution >= 4 is 10.9 Å². The zero-order valence-electron chi connectivity index (χ0n) is 20.8. The Bertz CT molecular complexity index is 1600. The Labute approximate surface area is 218 Å². The summed E-state index contributed by atoms with van der Waals surface area (Å²) in [4.78, 5) is 13.2. The molecular formula is C29H23N5O4. The average Bonchev–Trinajstić information content (AvgIpc) is 3.59. The van der Waals surface area contributed by atoms with Gasteiger partial charge in [-0.3, -0.25) is 0 Å². The molecule has 9 nitrogen and oxygen atoms in total. The predicted octanol–water partition coefficient (Wildman–Crippen LogP) is 6.11. The lowest BCUT2D eigenvalue weighted by atomic mass is 10.1. The number of ether oxygens (including phenoxy) is 2. The number of fused-ring (bicyclic) bond motifs is 1. The van der Waals surface area contributed by atoms with Crippen molar-refractivity contribution in [1.29, 1.82) is 0 Å². The Balaban J connectivity index is 1.10. The van der Waals surface area contributed by atoms with E-state index in [1.165, 1.54) is 0 Å². The molecule has 9 heteroatoms. The van der Waals surface area contributed by atoms with Crippen LogP contribution in [0.5, 0.6) is 11.6 Å². The Kier molecular flexibility index (Phi) is 6.23. The highest BCUT2D eigenvalue weighted by molar-refractivity contribution is 5.80. The Morgan fingerprint density at radius 3 is 1.87 bits per heavy atom. The topological polar surface area (TPSA) is 109 Å². The molecule has 0 aliphatic carbocycles. The van der Waals surface area contributed by atoms with Gasteiger partial charge < -0.3 is 18.5 Å². The smallest absolute Gasteiger partial charge is 0.223 e. The van der Waals surface area contributed by atoms with Gasteiger partial charge in [0.25, 0.3) is 0 Å². The van der Waals surface area contributed by atoms with Crippen LogP contribution in [0, 0.1) is 13.8 Å². The number of rotatable bonds is 8. The maximum Gasteiger partial charge on any atom is 0.223 e. The maximum atomic E-state index is 6.04. The molecular weight excluding hydrogens is 482 g/mol. The van der Waals surface area contributed by atoms with Crippen molar-refractivity contribution in [3.63, 3.8) is 0 Å². The minimum absolute atomic E-state index is 0.368. The highest BCUT2D eigenvalue weighted by Crippen LogP contribution is 2.25. The summed E-state index contributed by atoms with van der Waals surface area (Å²) >= 11 is 0. The summed E-state index contributed by atoms with van der Waals surface area (Å²) in [5, 5.41) is 8.92. The summed E-state index contributed by atoms with van der Waals surface area (Å²) in [6.45, 7) is 4.31. The fraction of sp³-hybridized carbons (Fsp3) is 0.138. The lowest BCUT2D eigenvalue weighted by Crippen LogP contribution is -1.98. The molecule has 0 spiro atoms. The lowest BCUT2D eigenvalue weighted by molar-refractivity contribution is 0.295. The lowest BCUT2D eigenvalue weighted by Gasteiger charge is -2.10. The van der Waals surface area contributed by atoms with Crippen LogP contribution in [-0.4, -0.2) is 25.3 Å². The molecule has 0 aliphatic rings. The van der Waals surface area contributed by atoms with Gasteiger partial charge in [-0.2, -0.15) is 9.97 Å². The monoisotopic (exact) mass is 505 g/mol. The van der Waals surface area contributed by atoms with Crippen molar-refractivity contribution in [2.45, 2.75) is 27.1 Å². The molecule has 0 saturated heterocycles. The molecule has 6 rings (SSSR count). The minimum Gasteiger partial charge on any atom is -0.489 e. The molecule has 0 saturated carbocycles. The second-order valence-electron chi connectivity index (χ2n) is 8.76. The van der Waals surface area contributed by atoms with Gasteiger partial charge in [0.1, 0.15) is 19.0 Å². The quantitative estimate of drug-likeness (QED) is 0.242. The predicted molar refractivity (Wildman–Crippen MR) is 139 cm³/mol. The summed E-state index contributed by atoms with van der Waals surface area (Å²) in [5.41, 5.74) is 4.56. The van der Waals surface area contributed by atoms with Crippen molar-refractivity contribution in [3.8, 4) is 34.4 Å². The van der Waals surface area contributed by atoms with Crippen LogP contribution in [0.3, 0.4) is 0 Å². The number of aromatic nitrogens is 5. The van der Waals surface area contributed by atoms with Gasteiger partial charge in [-0.15, -0.1) is 0 Å². The third kappa shape index (κ3) is 5.22. The zero-order valence-corrected chi connectivity index (χ0v) is 20.8. The number of hydrogen-bond donors (Lipinski definition) is 0. The van der Waals surface area contributed by atoms with Crippen molar-refractivity contribution in [2.75, 3.05) is 0 Å². The first-order valence-corrected chi connectivity index (χ1v) is 12.0. The van der Waals surface area contributed by atoms with Crippen LogP contribution < -0.4 is 9.47 Å². The van der Waals surface area contributed by atoms with E-state index in [4.69, 9.17) is 18.5 Å². The fourth-order valence-electron chi connectivity index (χ4n) is 4.01. The van der Waals surface area contributed by atoms with Gasteiger partial charge >= 0.3 is 0 Å². The maximum absolute atomic E-state index is 6.04. The second kappa shape index (κ2) is 10.1. The van der Waals surface area contributed by atoms with E-state index in [1.807, 2.05) is 78.9 Å². The summed E-state index contributed by atoms with van der Waals surface area (Å²) in [7, 11) is 0. The van der Waals surface area contributed by atoms with Gasteiger partial charge in [-0.05, 0) is 47.5 Å². The molecule has 0 bridgehead atoms. The van der Waals surface area contributed by atoms with E-state index < -0.39 is 0 Å². The van der Waals surface area contributed by atoms with Crippen LogP contribution in [-0.2, 0) is 13.2 Å². The van der Waals surface area contributed by atoms with Gasteiger partial charge in [0.15, 0.2) is 0 Å². The molecule has 0 unspecified atom stereocenters. The van der Waals surface area contributed by atoms with E-state index >= 15 is 0 Å². The summed E-state index contributed by atoms with van der Waals surface area (Å²) < 4.78 is 22.2. The zero-order chi connectivity index (χ0) is 25.9. The first-order chi connectivity index (χ1) is 18.6. The van der Waals surface area contributed by atoms with E-state index in [0.717, 1.165) is 38.9 Å². The van der Waals surface area contributed by atoms with E-state index in [9.17, 15) is 0 Å². The van der Waals surface area contributed by atoms with Crippen LogP contribution in [0.15, 0.2) is 87.9 Å². The normalized spacial score (nSPS) is 11.1. The molecule has 6 aromatic rings. The van der Waals surface area contributed by atoms with Crippen LogP contribution in [0.1, 0.15) is 22.9 Å². The van der Waals surface area contributed by atoms with Gasteiger partial charge in [-0.1, -0.05) is 46.7 Å². The summed E-state index contributed by atoms with van der Waals surface area (Å²) in [6.07, 6.45) is 0. The van der Waals surface area contributed by atoms with Crippen molar-refractivity contribution < 1.29 is 18.5 Å². The summed E-state index contributed by atoms with van der Waals surface area (Å²) in [5.74, 6) is 3.47. The SMILES string of the molecule is Cc1nc(-c2cccc(COc3ccc4nc(OCc5cccc(-c6noc(C)n6)c5)ccc4c3)c2)no1. The first-order valence-electron chi connectivity index (χ1n) is 12.0. The fourth-order valence-corrected chi connectivity index (χ4v) is 4.01. The Morgan fingerprint density at radius 2 is 1.26 bits per heavy atom. The molecule has 188 valence electrons. The average molecular weight is 506 g/mol. The van der Waals surface area contributed by atoms with E-state index in [0.29, 0.717) is 42.5 Å². The number of nitrogens with zero attached hydrogens (tertiary/aromatic N) is 5. The van der Waals surface area contributed by atoms with Crippen LogP contribution >= 0.6 is 0 Å². The third-order valence-corrected chi connectivity index (χ3v) is 5.85. The van der Waals surface area contributed by atoms with Crippen molar-refractivity contribution in [2.24, 2.45) is 0 Å². The highest BCUT2D eigenvalue weighted by atomic mass is 16.5. The molecule has 0 amide bonds. The second-order valence-corrected chi connectivity index (χ2v) is 8.76. The summed E-state index contributed by atoms with van der Waals surface area (Å²) in [6, 6.07) is 25.4. The molecule has 38 heavy (non-hydrogen) atoms. The molecule has 0 radical (unpaired) electrons.